The minimum absolute atomic E-state index is 0.866. The Labute approximate surface area is 587 Å². The third-order valence-electron chi connectivity index (χ3n) is 23.3. The van der Waals surface area contributed by atoms with Crippen molar-refractivity contribution in [1.82, 2.24) is 0 Å². The summed E-state index contributed by atoms with van der Waals surface area (Å²) in [5.41, 5.74) is -18.2. The van der Waals surface area contributed by atoms with E-state index in [2.05, 4.69) is 91.0 Å². The van der Waals surface area contributed by atoms with Crippen LogP contribution < -0.4 is 42.6 Å². The number of rotatable bonds is 23. The summed E-state index contributed by atoms with van der Waals surface area (Å²) in [6.07, 6.45) is -6.86. The molecule has 100 heavy (non-hydrogen) atoms. The van der Waals surface area contributed by atoms with E-state index in [-0.39, 0.29) is 0 Å². The van der Waals surface area contributed by atoms with Gasteiger partial charge in [0.1, 0.15) is 85.0 Å². The van der Waals surface area contributed by atoms with Crippen LogP contribution in [0.15, 0.2) is 91.0 Å². The van der Waals surface area contributed by atoms with E-state index in [4.69, 9.17) is 0 Å². The maximum Gasteiger partial charge on any atom is 0.157 e. The Hall–Kier alpha value is -5.78. The molecule has 0 spiro atoms. The van der Waals surface area contributed by atoms with Crippen LogP contribution in [0, 0.1) is 99.0 Å². The minimum atomic E-state index is -6.86. The van der Waals surface area contributed by atoms with E-state index in [9.17, 15) is 0 Å². The van der Waals surface area contributed by atoms with Gasteiger partial charge in [0, 0.05) is 20.7 Å². The molecule has 0 nitrogen and oxygen atoms in total. The van der Waals surface area contributed by atoms with E-state index in [1.807, 2.05) is 0 Å². The quantitative estimate of drug-likeness (QED) is 0.0197. The highest BCUT2D eigenvalue weighted by Crippen LogP contribution is 2.48. The third kappa shape index (κ3) is 12.7. The molecule has 21 heteroatoms. The Morgan fingerprint density at radius 1 is 0.200 bits per heavy atom. The average Bonchev–Trinajstić information content (AvgIpc) is 0.670. The summed E-state index contributed by atoms with van der Waals surface area (Å²) in [5.74, 6) is -42.3. The second kappa shape index (κ2) is 31.3. The van der Waals surface area contributed by atoms with Gasteiger partial charge in [0.25, 0.3) is 0 Å². The molecule has 0 heterocycles. The highest BCUT2D eigenvalue weighted by atomic mass is 28.3. The number of hydrogen-bond acceptors (Lipinski definition) is 0. The maximum atomic E-state index is 18.7. The van der Waals surface area contributed by atoms with E-state index >= 15 is 70.2 Å². The maximum absolute atomic E-state index is 18.7. The van der Waals surface area contributed by atoms with Crippen molar-refractivity contribution in [2.75, 3.05) is 0 Å². The summed E-state index contributed by atoms with van der Waals surface area (Å²) >= 11 is 0. The smallest absolute Gasteiger partial charge is 0.157 e. The molecule has 0 aliphatic carbocycles. The van der Waals surface area contributed by atoms with Crippen LogP contribution in [0.3, 0.4) is 0 Å². The summed E-state index contributed by atoms with van der Waals surface area (Å²) in [5, 5.41) is -5.31. The fourth-order valence-corrected chi connectivity index (χ4v) is 47.1. The van der Waals surface area contributed by atoms with Crippen LogP contribution in [0.5, 0.6) is 0 Å². The van der Waals surface area contributed by atoms with E-state index < -0.39 is 241 Å². The molecule has 0 amide bonds. The van der Waals surface area contributed by atoms with E-state index in [0.717, 1.165) is 0 Å². The lowest BCUT2D eigenvalue weighted by molar-refractivity contribution is 0.459. The molecule has 0 bridgehead atoms. The largest absolute Gasteiger partial charge is 0.207 e. The zero-order valence-electron chi connectivity index (χ0n) is 62.2. The lowest BCUT2D eigenvalue weighted by Gasteiger charge is -2.49. The van der Waals surface area contributed by atoms with E-state index in [0.29, 0.717) is 0 Å². The van der Waals surface area contributed by atoms with Crippen molar-refractivity contribution in [3.8, 4) is 0 Å². The molecule has 0 unspecified atom stereocenters. The van der Waals surface area contributed by atoms with Gasteiger partial charge in [0.15, 0.2) is 46.5 Å². The zero-order valence-corrected chi connectivity index (χ0v) is 66.2. The molecule has 0 atom stereocenters. The van der Waals surface area contributed by atoms with E-state index in [1.165, 1.54) is 189 Å². The highest BCUT2D eigenvalue weighted by molar-refractivity contribution is 7.20. The third-order valence-corrected chi connectivity index (χ3v) is 51.5. The Balaban J connectivity index is 0.000000702. The summed E-state index contributed by atoms with van der Waals surface area (Å²) < 4.78 is 295. The molecule has 0 saturated carbocycles. The van der Waals surface area contributed by atoms with Crippen LogP contribution in [0.4, 0.5) is 70.2 Å². The molecular formula is C79H99BF16Si4. The molecule has 0 radical (unpaired) electrons. The SMILES string of the molecule is CC(C)[Si](c1c(F)c(F)c([B-](c2c(F)c(F)c([Si](C(C)C)(C(C)C)C(C)C)c(F)c2F)(c2c(F)c(F)c([Si](C(C)C)(C(C)C)C(C)C)c(F)c2F)c2c(F)c(F)c([Si](C(C)C)(C(C)C)C(C)C)c(F)c2F)c(F)c1F)(C(C)C)C(C)C.c1ccc([C+](c2ccccc2)c2ccccc2)cc1. The van der Waals surface area contributed by atoms with Crippen molar-refractivity contribution in [3.05, 3.63) is 207 Å². The van der Waals surface area contributed by atoms with Gasteiger partial charge in [-0.15, -0.1) is 21.9 Å². The monoisotopic (exact) mass is 1470 g/mol. The molecular weight excluding hydrogens is 1380 g/mol. The van der Waals surface area contributed by atoms with Crippen molar-refractivity contribution >= 4 is 81.0 Å². The van der Waals surface area contributed by atoms with Crippen molar-refractivity contribution in [2.45, 2.75) is 233 Å². The van der Waals surface area contributed by atoms with Crippen molar-refractivity contribution in [1.29, 1.82) is 0 Å². The van der Waals surface area contributed by atoms with E-state index in [1.54, 1.807) is 0 Å². The van der Waals surface area contributed by atoms with Crippen molar-refractivity contribution in [2.24, 2.45) is 0 Å². The number of benzene rings is 7. The van der Waals surface area contributed by atoms with Gasteiger partial charge in [0.05, 0.1) is 22.6 Å². The topological polar surface area (TPSA) is 0 Å². The summed E-state index contributed by atoms with van der Waals surface area (Å²) in [4.78, 5) is 0. The summed E-state index contributed by atoms with van der Waals surface area (Å²) in [6, 6.07) is 31.6. The van der Waals surface area contributed by atoms with Crippen LogP contribution in [-0.4, -0.2) is 38.4 Å². The molecule has 7 aromatic rings. The van der Waals surface area contributed by atoms with Gasteiger partial charge < -0.3 is 0 Å². The minimum Gasteiger partial charge on any atom is -0.207 e. The summed E-state index contributed by atoms with van der Waals surface area (Å²) in [7, 11) is -16.8. The Morgan fingerprint density at radius 3 is 0.430 bits per heavy atom. The predicted molar refractivity (Wildman–Crippen MR) is 392 cm³/mol. The Kier molecular flexibility index (Phi) is 26.0. The van der Waals surface area contributed by atoms with Crippen LogP contribution in [0.25, 0.3) is 0 Å². The molecule has 0 aliphatic heterocycles. The zero-order chi connectivity index (χ0) is 76.2. The van der Waals surface area contributed by atoms with Crippen molar-refractivity contribution in [3.63, 3.8) is 0 Å². The molecule has 0 fully saturated rings. The van der Waals surface area contributed by atoms with Crippen LogP contribution in [0.1, 0.15) is 183 Å². The van der Waals surface area contributed by atoms with Crippen molar-refractivity contribution < 1.29 is 70.2 Å². The molecule has 7 aromatic carbocycles. The van der Waals surface area contributed by atoms with Crippen LogP contribution in [-0.2, 0) is 0 Å². The number of halogens is 16. The lowest BCUT2D eigenvalue weighted by atomic mass is 9.12. The standard InChI is InChI=1S/C60H84BF16Si4.C19H15/c1-25(2)78(26(3)4,27(5)6)57-49(70)41(62)37(42(63)50(57)71)61(38-43(64)51(72)58(52(73)44(38)65)79(28(7)8,29(9)10)30(11)12,39-45(66)53(74)59(54(75)46(39)67)80(31(13)14,32(15)16)33(17)18)40-47(68)55(76)60(56(77)48(40)69)81(34(19)20,35(21)22)36(23)24;1-4-10-16(11-5-1)19(17-12-6-2-7-13-17)18-14-8-3-9-15-18/h25-36H,1-24H3;1-15H/q-1;+1. The second-order valence-corrected chi connectivity index (χ2v) is 54.4. The first-order valence-electron chi connectivity index (χ1n) is 35.0. The van der Waals surface area contributed by atoms with Gasteiger partial charge in [0.2, 0.25) is 0 Å². The highest BCUT2D eigenvalue weighted by Gasteiger charge is 2.60. The molecule has 546 valence electrons. The van der Waals surface area contributed by atoms with Gasteiger partial charge in [-0.25, -0.2) is 70.2 Å². The molecule has 0 N–H and O–H groups in total. The molecule has 0 saturated heterocycles. The predicted octanol–water partition coefficient (Wildman–Crippen LogP) is 21.5. The van der Waals surface area contributed by atoms with Gasteiger partial charge in [-0.2, -0.15) is 0 Å². The molecule has 0 aromatic heterocycles. The average molecular weight is 1480 g/mol. The fourth-order valence-electron chi connectivity index (χ4n) is 20.3. The molecule has 7 rings (SSSR count). The second-order valence-electron chi connectivity index (χ2n) is 31.1. The first-order valence-corrected chi connectivity index (χ1v) is 43.9. The first kappa shape index (κ1) is 83.2. The van der Waals surface area contributed by atoms with Gasteiger partial charge >= 0.3 is 0 Å². The Bertz CT molecular complexity index is 3360. The normalized spacial score (nSPS) is 13.1. The lowest BCUT2D eigenvalue weighted by Crippen LogP contribution is -2.82. The van der Waals surface area contributed by atoms with Crippen LogP contribution >= 0.6 is 0 Å². The first-order chi connectivity index (χ1) is 46.3. The van der Waals surface area contributed by atoms with Crippen LogP contribution in [0.2, 0.25) is 66.5 Å². The fraction of sp³-hybridized carbons (Fsp3) is 0.456. The number of hydrogen-bond donors (Lipinski definition) is 0. The summed E-state index contributed by atoms with van der Waals surface area (Å²) in [6.45, 7) is 35.2. The Morgan fingerprint density at radius 2 is 0.320 bits per heavy atom. The van der Waals surface area contributed by atoms with Gasteiger partial charge in [-0.05, 0) is 139 Å². The van der Waals surface area contributed by atoms with Gasteiger partial charge in [-0.3, -0.25) is 0 Å². The van der Waals surface area contributed by atoms with Gasteiger partial charge in [-0.1, -0.05) is 184 Å². The molecule has 0 aliphatic rings.